The average molecular weight is 185 g/mol. The van der Waals surface area contributed by atoms with Crippen LogP contribution in [0.3, 0.4) is 0 Å². The predicted octanol–water partition coefficient (Wildman–Crippen LogP) is 0.718. The molecule has 0 fully saturated rings. The van der Waals surface area contributed by atoms with Crippen molar-refractivity contribution in [3.05, 3.63) is 17.5 Å². The lowest BCUT2D eigenvalue weighted by atomic mass is 10.4. The zero-order chi connectivity index (χ0) is 9.14. The molecule has 0 bridgehead atoms. The molecular formula is C7H11N3OS. The first-order valence-corrected chi connectivity index (χ1v) is 3.93. The van der Waals surface area contributed by atoms with Gasteiger partial charge in [0.15, 0.2) is 6.73 Å². The lowest BCUT2D eigenvalue weighted by molar-refractivity contribution is 0.207. The van der Waals surface area contributed by atoms with Gasteiger partial charge in [0.2, 0.25) is 0 Å². The van der Waals surface area contributed by atoms with Crippen molar-refractivity contribution in [1.82, 2.24) is 9.78 Å². The first kappa shape index (κ1) is 8.99. The van der Waals surface area contributed by atoms with E-state index in [0.29, 0.717) is 0 Å². The molecule has 12 heavy (non-hydrogen) atoms. The Bertz CT molecular complexity index is 295. The van der Waals surface area contributed by atoms with Crippen molar-refractivity contribution >= 4 is 17.4 Å². The monoisotopic (exact) mass is 185 g/mol. The maximum absolute atomic E-state index is 5.17. The molecule has 5 heteroatoms. The first-order valence-electron chi connectivity index (χ1n) is 3.53. The maximum atomic E-state index is 5.17. The number of hydrogen-bond acceptors (Lipinski definition) is 3. The summed E-state index contributed by atoms with van der Waals surface area (Å²) in [7, 11) is 0. The Morgan fingerprint density at radius 1 is 1.75 bits per heavy atom. The molecule has 2 N–H and O–H groups in total. The van der Waals surface area contributed by atoms with Crippen LogP contribution in [0.15, 0.2) is 6.07 Å². The van der Waals surface area contributed by atoms with Gasteiger partial charge in [-0.05, 0) is 32.1 Å². The van der Waals surface area contributed by atoms with Crippen LogP contribution in [0.2, 0.25) is 0 Å². The molecule has 1 heterocycles. The summed E-state index contributed by atoms with van der Waals surface area (Å²) in [5.41, 5.74) is 7.15. The molecule has 1 rings (SSSR count). The van der Waals surface area contributed by atoms with Crippen molar-refractivity contribution in [2.45, 2.75) is 20.6 Å². The van der Waals surface area contributed by atoms with Gasteiger partial charge in [0.05, 0.1) is 5.69 Å². The van der Waals surface area contributed by atoms with Gasteiger partial charge in [-0.3, -0.25) is 0 Å². The second kappa shape index (κ2) is 3.53. The fourth-order valence-electron chi connectivity index (χ4n) is 0.930. The zero-order valence-electron chi connectivity index (χ0n) is 7.07. The third-order valence-corrected chi connectivity index (χ3v) is 1.55. The third-order valence-electron chi connectivity index (χ3n) is 1.43. The van der Waals surface area contributed by atoms with E-state index in [1.165, 1.54) is 0 Å². The molecule has 0 aromatic carbocycles. The largest absolute Gasteiger partial charge is 0.448 e. The number of nitrogens with zero attached hydrogens (tertiary/aromatic N) is 2. The lowest BCUT2D eigenvalue weighted by Gasteiger charge is -2.04. The van der Waals surface area contributed by atoms with E-state index in [4.69, 9.17) is 10.5 Å². The van der Waals surface area contributed by atoms with Crippen LogP contribution >= 0.6 is 12.2 Å². The highest BCUT2D eigenvalue weighted by Gasteiger charge is 2.00. The minimum absolute atomic E-state index is 0.0440. The number of aryl methyl sites for hydroxylation is 2. The molecule has 0 radical (unpaired) electrons. The smallest absolute Gasteiger partial charge is 0.255 e. The van der Waals surface area contributed by atoms with Crippen LogP contribution in [0.1, 0.15) is 11.4 Å². The van der Waals surface area contributed by atoms with Crippen LogP contribution in [0.25, 0.3) is 0 Å². The Kier molecular flexibility index (Phi) is 2.65. The molecule has 66 valence electrons. The molecule has 0 amide bonds. The molecule has 0 aliphatic heterocycles. The molecule has 0 spiro atoms. The Morgan fingerprint density at radius 3 is 2.83 bits per heavy atom. The normalized spacial score (nSPS) is 9.83. The highest BCUT2D eigenvalue weighted by atomic mass is 32.1. The van der Waals surface area contributed by atoms with Crippen LogP contribution in [0, 0.1) is 13.8 Å². The zero-order valence-corrected chi connectivity index (χ0v) is 7.89. The number of nitrogens with two attached hydrogens (primary N) is 1. The minimum atomic E-state index is 0.0440. The van der Waals surface area contributed by atoms with Gasteiger partial charge in [0.25, 0.3) is 5.17 Å². The van der Waals surface area contributed by atoms with Gasteiger partial charge in [-0.1, -0.05) is 0 Å². The molecular weight excluding hydrogens is 174 g/mol. The maximum Gasteiger partial charge on any atom is 0.255 e. The standard InChI is InChI=1S/C7H11N3OS/c1-5-3-6(2)10(9-5)4-11-7(8)12/h3H,4H2,1-2H3,(H2,8,12). The van der Waals surface area contributed by atoms with Crippen LogP contribution in [0.5, 0.6) is 0 Å². The SMILES string of the molecule is Cc1cc(C)n(COC(N)=S)n1. The fraction of sp³-hybridized carbons (Fsp3) is 0.429. The Balaban J connectivity index is 2.62. The molecule has 1 aromatic heterocycles. The van der Waals surface area contributed by atoms with Gasteiger partial charge in [-0.25, -0.2) is 4.68 Å². The Labute approximate surface area is 76.3 Å². The molecule has 0 atom stereocenters. The topological polar surface area (TPSA) is 53.1 Å². The third kappa shape index (κ3) is 2.20. The van der Waals surface area contributed by atoms with Crippen molar-refractivity contribution in [3.63, 3.8) is 0 Å². The van der Waals surface area contributed by atoms with E-state index in [9.17, 15) is 0 Å². The highest BCUT2D eigenvalue weighted by molar-refractivity contribution is 7.80. The summed E-state index contributed by atoms with van der Waals surface area (Å²) in [5.74, 6) is 0. The van der Waals surface area contributed by atoms with E-state index in [1.54, 1.807) is 4.68 Å². The van der Waals surface area contributed by atoms with Gasteiger partial charge in [0.1, 0.15) is 0 Å². The van der Waals surface area contributed by atoms with E-state index in [2.05, 4.69) is 17.3 Å². The van der Waals surface area contributed by atoms with Gasteiger partial charge in [-0.15, -0.1) is 0 Å². The number of hydrogen-bond donors (Lipinski definition) is 1. The molecule has 0 aliphatic rings. The Hall–Kier alpha value is -1.10. The summed E-state index contributed by atoms with van der Waals surface area (Å²) < 4.78 is 6.63. The van der Waals surface area contributed by atoms with Crippen molar-refractivity contribution < 1.29 is 4.74 Å². The molecule has 4 nitrogen and oxygen atoms in total. The summed E-state index contributed by atoms with van der Waals surface area (Å²) >= 11 is 4.56. The van der Waals surface area contributed by atoms with Crippen molar-refractivity contribution in [1.29, 1.82) is 0 Å². The van der Waals surface area contributed by atoms with E-state index in [-0.39, 0.29) is 11.9 Å². The van der Waals surface area contributed by atoms with Crippen molar-refractivity contribution in [2.75, 3.05) is 0 Å². The van der Waals surface area contributed by atoms with E-state index < -0.39 is 0 Å². The van der Waals surface area contributed by atoms with Crippen LogP contribution in [-0.4, -0.2) is 15.0 Å². The summed E-state index contributed by atoms with van der Waals surface area (Å²) in [6.45, 7) is 4.15. The van der Waals surface area contributed by atoms with Crippen LogP contribution in [-0.2, 0) is 11.5 Å². The predicted molar refractivity (Wildman–Crippen MR) is 49.6 cm³/mol. The quantitative estimate of drug-likeness (QED) is 0.690. The Morgan fingerprint density at radius 2 is 2.42 bits per heavy atom. The molecule has 0 saturated heterocycles. The molecule has 1 aromatic rings. The van der Waals surface area contributed by atoms with Crippen molar-refractivity contribution in [3.8, 4) is 0 Å². The number of rotatable bonds is 2. The van der Waals surface area contributed by atoms with Gasteiger partial charge in [-0.2, -0.15) is 5.10 Å². The second-order valence-electron chi connectivity index (χ2n) is 2.52. The summed E-state index contributed by atoms with van der Waals surface area (Å²) in [5, 5.41) is 4.20. The van der Waals surface area contributed by atoms with Gasteiger partial charge in [0, 0.05) is 5.69 Å². The number of aromatic nitrogens is 2. The number of ether oxygens (including phenoxy) is 1. The van der Waals surface area contributed by atoms with Crippen LogP contribution < -0.4 is 5.73 Å². The second-order valence-corrected chi connectivity index (χ2v) is 2.92. The molecule has 0 aliphatic carbocycles. The first-order chi connectivity index (χ1) is 5.59. The van der Waals surface area contributed by atoms with Gasteiger partial charge >= 0.3 is 0 Å². The highest BCUT2D eigenvalue weighted by Crippen LogP contribution is 2.01. The molecule has 0 unspecified atom stereocenters. The van der Waals surface area contributed by atoms with E-state index in [0.717, 1.165) is 11.4 Å². The fourth-order valence-corrected chi connectivity index (χ4v) is 0.983. The molecule has 0 saturated carbocycles. The van der Waals surface area contributed by atoms with E-state index in [1.807, 2.05) is 19.9 Å². The van der Waals surface area contributed by atoms with E-state index >= 15 is 0 Å². The van der Waals surface area contributed by atoms with Crippen LogP contribution in [0.4, 0.5) is 0 Å². The average Bonchev–Trinajstić information content (AvgIpc) is 2.26. The van der Waals surface area contributed by atoms with Gasteiger partial charge < -0.3 is 10.5 Å². The summed E-state index contributed by atoms with van der Waals surface area (Å²) in [6.07, 6.45) is 0. The lowest BCUT2D eigenvalue weighted by Crippen LogP contribution is -2.16. The van der Waals surface area contributed by atoms with Crippen molar-refractivity contribution in [2.24, 2.45) is 5.73 Å². The summed E-state index contributed by atoms with van der Waals surface area (Å²) in [6, 6.07) is 1.96. The summed E-state index contributed by atoms with van der Waals surface area (Å²) in [4.78, 5) is 0. The number of thiocarbonyl (C=S) groups is 1. The minimum Gasteiger partial charge on any atom is -0.448 e.